The zero-order valence-electron chi connectivity index (χ0n) is 11.0. The molecule has 0 unspecified atom stereocenters. The van der Waals surface area contributed by atoms with Gasteiger partial charge in [-0.1, -0.05) is 30.3 Å². The van der Waals surface area contributed by atoms with Gasteiger partial charge in [-0.2, -0.15) is 0 Å². The van der Waals surface area contributed by atoms with Crippen LogP contribution in [0.2, 0.25) is 0 Å². The van der Waals surface area contributed by atoms with Crippen molar-refractivity contribution in [3.63, 3.8) is 0 Å². The van der Waals surface area contributed by atoms with Crippen LogP contribution in [-0.4, -0.2) is 16.6 Å². The number of ketones is 2. The first kappa shape index (κ1) is 13.0. The number of Topliss-reactive ketones (excluding diaryl/α,β-unsaturated/α-hetero) is 1. The highest BCUT2D eigenvalue weighted by atomic mass is 16.3. The van der Waals surface area contributed by atoms with E-state index in [9.17, 15) is 9.59 Å². The molecule has 4 rings (SSSR count). The van der Waals surface area contributed by atoms with Gasteiger partial charge in [0.15, 0.2) is 6.39 Å². The van der Waals surface area contributed by atoms with E-state index >= 15 is 0 Å². The molecular formula is C17H11NO3. The van der Waals surface area contributed by atoms with E-state index in [4.69, 9.17) is 0 Å². The minimum atomic E-state index is -0.442. The van der Waals surface area contributed by atoms with Crippen LogP contribution in [0.1, 0.15) is 15.9 Å². The second kappa shape index (κ2) is 5.54. The summed E-state index contributed by atoms with van der Waals surface area (Å²) in [6, 6.07) is 11.5. The van der Waals surface area contributed by atoms with E-state index in [0.29, 0.717) is 5.56 Å². The highest BCUT2D eigenvalue weighted by Crippen LogP contribution is 2.24. The summed E-state index contributed by atoms with van der Waals surface area (Å²) in [7, 11) is 0. The number of carbonyl (C=O) groups is 2. The number of nitrogens with zero attached hydrogens (tertiary/aromatic N) is 1. The van der Waals surface area contributed by atoms with E-state index in [-0.39, 0.29) is 0 Å². The molecule has 1 aromatic heterocycles. The molecule has 0 N–H and O–H groups in total. The number of rotatable bonds is 0. The molecule has 0 saturated carbocycles. The molecule has 3 aromatic rings. The molecule has 21 heavy (non-hydrogen) atoms. The molecule has 0 radical (unpaired) electrons. The van der Waals surface area contributed by atoms with Gasteiger partial charge in [0, 0.05) is 5.56 Å². The molecule has 0 atom stereocenters. The zero-order valence-corrected chi connectivity index (χ0v) is 11.0. The van der Waals surface area contributed by atoms with Gasteiger partial charge in [-0.05, 0) is 34.5 Å². The third kappa shape index (κ3) is 2.65. The first-order chi connectivity index (χ1) is 10.3. The molecular weight excluding hydrogens is 266 g/mol. The standard InChI is InChI=1S/C14H8O2.C3H3NO/c15-13-6-5-11-7-9-3-1-2-4-10(9)8-12(11)14(13)16;1-2-5-3-4-1/h1-8H;1-3H. The molecule has 0 fully saturated rings. The van der Waals surface area contributed by atoms with E-state index in [1.54, 1.807) is 18.3 Å². The van der Waals surface area contributed by atoms with Crippen molar-refractivity contribution in [1.82, 2.24) is 4.98 Å². The summed E-state index contributed by atoms with van der Waals surface area (Å²) in [5.41, 5.74) is 1.33. The maximum Gasteiger partial charge on any atom is 0.233 e. The lowest BCUT2D eigenvalue weighted by Crippen LogP contribution is -2.15. The molecule has 0 aliphatic heterocycles. The highest BCUT2D eigenvalue weighted by Gasteiger charge is 2.20. The van der Waals surface area contributed by atoms with Gasteiger partial charge in [0.1, 0.15) is 6.26 Å². The van der Waals surface area contributed by atoms with Gasteiger partial charge >= 0.3 is 0 Å². The lowest BCUT2D eigenvalue weighted by Gasteiger charge is -2.09. The Morgan fingerprint density at radius 2 is 1.71 bits per heavy atom. The van der Waals surface area contributed by atoms with E-state index in [1.807, 2.05) is 30.3 Å². The van der Waals surface area contributed by atoms with Gasteiger partial charge in [0.25, 0.3) is 0 Å². The lowest BCUT2D eigenvalue weighted by atomic mass is 9.92. The summed E-state index contributed by atoms with van der Waals surface area (Å²) in [6.07, 6.45) is 7.50. The summed E-state index contributed by atoms with van der Waals surface area (Å²) < 4.78 is 4.47. The van der Waals surface area contributed by atoms with Crippen molar-refractivity contribution in [3.05, 3.63) is 72.5 Å². The summed E-state index contributed by atoms with van der Waals surface area (Å²) in [5.74, 6) is -0.856. The molecule has 1 aliphatic rings. The number of hydrogen-bond donors (Lipinski definition) is 0. The Labute approximate surface area is 120 Å². The Morgan fingerprint density at radius 1 is 0.952 bits per heavy atom. The van der Waals surface area contributed by atoms with Crippen molar-refractivity contribution in [2.75, 3.05) is 0 Å². The first-order valence-corrected chi connectivity index (χ1v) is 6.37. The third-order valence-electron chi connectivity index (χ3n) is 3.15. The number of aromatic nitrogens is 1. The maximum atomic E-state index is 11.7. The molecule has 0 amide bonds. The zero-order chi connectivity index (χ0) is 14.7. The molecule has 102 valence electrons. The Morgan fingerprint density at radius 3 is 2.33 bits per heavy atom. The minimum absolute atomic E-state index is 0.414. The monoisotopic (exact) mass is 277 g/mol. The van der Waals surface area contributed by atoms with Gasteiger partial charge in [-0.25, -0.2) is 4.98 Å². The van der Waals surface area contributed by atoms with E-state index in [0.717, 1.165) is 16.3 Å². The van der Waals surface area contributed by atoms with Crippen LogP contribution in [0.3, 0.4) is 0 Å². The fourth-order valence-electron chi connectivity index (χ4n) is 2.14. The van der Waals surface area contributed by atoms with E-state index in [1.165, 1.54) is 18.7 Å². The van der Waals surface area contributed by atoms with Crippen LogP contribution in [-0.2, 0) is 4.79 Å². The van der Waals surface area contributed by atoms with Crippen molar-refractivity contribution in [2.45, 2.75) is 0 Å². The van der Waals surface area contributed by atoms with Gasteiger partial charge < -0.3 is 4.42 Å². The van der Waals surface area contributed by atoms with Gasteiger partial charge in [0.05, 0.1) is 6.20 Å². The van der Waals surface area contributed by atoms with Crippen molar-refractivity contribution in [2.24, 2.45) is 0 Å². The van der Waals surface area contributed by atoms with Crippen LogP contribution in [0.5, 0.6) is 0 Å². The quantitative estimate of drug-likeness (QED) is 0.591. The highest BCUT2D eigenvalue weighted by molar-refractivity contribution is 6.50. The average molecular weight is 277 g/mol. The van der Waals surface area contributed by atoms with Crippen molar-refractivity contribution < 1.29 is 14.0 Å². The maximum absolute atomic E-state index is 11.7. The molecule has 0 saturated heterocycles. The summed E-state index contributed by atoms with van der Waals surface area (Å²) in [6.45, 7) is 0. The summed E-state index contributed by atoms with van der Waals surface area (Å²) >= 11 is 0. The average Bonchev–Trinajstić information content (AvgIpc) is 3.09. The van der Waals surface area contributed by atoms with Crippen molar-refractivity contribution in [1.29, 1.82) is 0 Å². The number of oxazole rings is 1. The van der Waals surface area contributed by atoms with Crippen LogP contribution in [0.25, 0.3) is 16.8 Å². The Kier molecular flexibility index (Phi) is 3.43. The van der Waals surface area contributed by atoms with E-state index < -0.39 is 11.6 Å². The molecule has 4 nitrogen and oxygen atoms in total. The predicted molar refractivity (Wildman–Crippen MR) is 78.8 cm³/mol. The van der Waals surface area contributed by atoms with Crippen molar-refractivity contribution in [3.8, 4) is 0 Å². The molecule has 1 heterocycles. The summed E-state index contributed by atoms with van der Waals surface area (Å²) in [4.78, 5) is 26.5. The lowest BCUT2D eigenvalue weighted by molar-refractivity contribution is -0.110. The second-order valence-corrected chi connectivity index (χ2v) is 4.49. The van der Waals surface area contributed by atoms with Crippen LogP contribution in [0, 0.1) is 0 Å². The molecule has 4 heteroatoms. The Balaban J connectivity index is 0.000000225. The number of carbonyl (C=O) groups excluding carboxylic acids is 2. The largest absolute Gasteiger partial charge is 0.452 e. The van der Waals surface area contributed by atoms with Crippen LogP contribution < -0.4 is 0 Å². The minimum Gasteiger partial charge on any atom is -0.452 e. The molecule has 2 aromatic carbocycles. The van der Waals surface area contributed by atoms with Gasteiger partial charge in [-0.15, -0.1) is 0 Å². The first-order valence-electron chi connectivity index (χ1n) is 6.37. The normalized spacial score (nSPS) is 12.8. The number of hydrogen-bond acceptors (Lipinski definition) is 4. The number of benzene rings is 2. The molecule has 1 aliphatic carbocycles. The van der Waals surface area contributed by atoms with E-state index in [2.05, 4.69) is 9.40 Å². The number of allylic oxidation sites excluding steroid dienone is 1. The van der Waals surface area contributed by atoms with Crippen LogP contribution in [0.15, 0.2) is 65.7 Å². The second-order valence-electron chi connectivity index (χ2n) is 4.49. The fourth-order valence-corrected chi connectivity index (χ4v) is 2.14. The van der Waals surface area contributed by atoms with Crippen molar-refractivity contribution >= 4 is 28.4 Å². The fraction of sp³-hybridized carbons (Fsp3) is 0. The van der Waals surface area contributed by atoms with Crippen LogP contribution >= 0.6 is 0 Å². The predicted octanol–water partition coefficient (Wildman–Crippen LogP) is 3.29. The topological polar surface area (TPSA) is 60.2 Å². The summed E-state index contributed by atoms with van der Waals surface area (Å²) in [5, 5.41) is 2.06. The molecule has 0 bridgehead atoms. The number of fused-ring (bicyclic) bond motifs is 2. The van der Waals surface area contributed by atoms with Gasteiger partial charge in [0.2, 0.25) is 11.6 Å². The van der Waals surface area contributed by atoms with Gasteiger partial charge in [-0.3, -0.25) is 9.59 Å². The SMILES string of the molecule is O=C1C=Cc2cc3ccccc3cc2C1=O.c1cocn1. The van der Waals surface area contributed by atoms with Crippen LogP contribution in [0.4, 0.5) is 0 Å². The Bertz CT molecular complexity index is 815. The molecule has 0 spiro atoms. The Hall–Kier alpha value is -3.01. The third-order valence-corrected chi connectivity index (χ3v) is 3.15. The smallest absolute Gasteiger partial charge is 0.233 e.